The molecule has 0 bridgehead atoms. The fourth-order valence-electron chi connectivity index (χ4n) is 3.34. The Labute approximate surface area is 207 Å². The number of carbonyl (C=O) groups is 1. The van der Waals surface area contributed by atoms with Crippen LogP contribution < -0.4 is 14.4 Å². The summed E-state index contributed by atoms with van der Waals surface area (Å²) < 4.78 is 33.4. The van der Waals surface area contributed by atoms with Crippen molar-refractivity contribution in [3.63, 3.8) is 0 Å². The second-order valence-corrected chi connectivity index (χ2v) is 9.45. The molecule has 0 spiro atoms. The van der Waals surface area contributed by atoms with Crippen molar-refractivity contribution in [1.82, 2.24) is 0 Å². The number of hydrogen-bond acceptors (Lipinski definition) is 6. The molecule has 0 saturated carbocycles. The maximum absolute atomic E-state index is 13.4. The van der Waals surface area contributed by atoms with Gasteiger partial charge in [-0.25, -0.2) is 8.42 Å². The number of non-ortho nitro benzene ring substituents is 1. The van der Waals surface area contributed by atoms with E-state index in [9.17, 15) is 23.3 Å². The van der Waals surface area contributed by atoms with E-state index in [1.807, 2.05) is 30.3 Å². The zero-order valence-electron chi connectivity index (χ0n) is 18.9. The van der Waals surface area contributed by atoms with Crippen molar-refractivity contribution in [1.29, 1.82) is 0 Å². The van der Waals surface area contributed by atoms with Crippen LogP contribution in [0.5, 0.6) is 11.5 Å². The van der Waals surface area contributed by atoms with Gasteiger partial charge in [0.2, 0.25) is 5.91 Å². The van der Waals surface area contributed by atoms with Gasteiger partial charge in [-0.3, -0.25) is 19.2 Å². The van der Waals surface area contributed by atoms with Crippen LogP contribution in [0.1, 0.15) is 0 Å². The lowest BCUT2D eigenvalue weighted by Crippen LogP contribution is -2.38. The van der Waals surface area contributed by atoms with Crippen LogP contribution in [0.15, 0.2) is 114 Å². The summed E-state index contributed by atoms with van der Waals surface area (Å²) in [4.78, 5) is 23.3. The molecule has 36 heavy (non-hydrogen) atoms. The lowest BCUT2D eigenvalue weighted by molar-refractivity contribution is -0.384. The fraction of sp³-hybridized carbons (Fsp3) is 0.0385. The predicted molar refractivity (Wildman–Crippen MR) is 136 cm³/mol. The van der Waals surface area contributed by atoms with Crippen LogP contribution in [0.2, 0.25) is 0 Å². The topological polar surface area (TPSA) is 119 Å². The van der Waals surface area contributed by atoms with E-state index in [1.54, 1.807) is 42.5 Å². The summed E-state index contributed by atoms with van der Waals surface area (Å²) in [6, 6.07) is 28.4. The zero-order valence-corrected chi connectivity index (χ0v) is 19.7. The van der Waals surface area contributed by atoms with Crippen LogP contribution in [0.3, 0.4) is 0 Å². The van der Waals surface area contributed by atoms with E-state index in [0.717, 1.165) is 4.31 Å². The molecule has 0 atom stereocenters. The van der Waals surface area contributed by atoms with Crippen LogP contribution in [-0.4, -0.2) is 25.8 Å². The molecule has 0 aliphatic rings. The highest BCUT2D eigenvalue weighted by Gasteiger charge is 2.27. The molecule has 0 aliphatic heterocycles. The van der Waals surface area contributed by atoms with Crippen molar-refractivity contribution in [3.05, 3.63) is 119 Å². The minimum absolute atomic E-state index is 0.0152. The molecule has 4 aromatic carbocycles. The van der Waals surface area contributed by atoms with E-state index in [-0.39, 0.29) is 16.3 Å². The zero-order chi connectivity index (χ0) is 25.5. The highest BCUT2D eigenvalue weighted by atomic mass is 32.2. The Kier molecular flexibility index (Phi) is 7.26. The molecule has 0 unspecified atom stereocenters. The van der Waals surface area contributed by atoms with Crippen molar-refractivity contribution < 1.29 is 22.9 Å². The molecule has 0 fully saturated rings. The quantitative estimate of drug-likeness (QED) is 0.247. The lowest BCUT2D eigenvalue weighted by atomic mass is 10.2. The molecule has 182 valence electrons. The van der Waals surface area contributed by atoms with Crippen LogP contribution in [-0.2, 0) is 14.8 Å². The minimum Gasteiger partial charge on any atom is -0.457 e. The van der Waals surface area contributed by atoms with Crippen molar-refractivity contribution in [2.45, 2.75) is 4.90 Å². The van der Waals surface area contributed by atoms with Gasteiger partial charge in [0.15, 0.2) is 0 Å². The number of benzene rings is 4. The van der Waals surface area contributed by atoms with Gasteiger partial charge in [0.05, 0.1) is 15.5 Å². The van der Waals surface area contributed by atoms with E-state index in [4.69, 9.17) is 4.74 Å². The first-order chi connectivity index (χ1) is 17.3. The SMILES string of the molecule is O=C(CN(c1ccc([N+](=O)[O-])cc1)S(=O)(=O)c1ccccc1)Nc1ccc(Oc2ccccc2)cc1. The van der Waals surface area contributed by atoms with Gasteiger partial charge >= 0.3 is 0 Å². The Morgan fingerprint density at radius 2 is 1.36 bits per heavy atom. The largest absolute Gasteiger partial charge is 0.457 e. The molecule has 0 aliphatic carbocycles. The average Bonchev–Trinajstić information content (AvgIpc) is 2.89. The predicted octanol–water partition coefficient (Wildman–Crippen LogP) is 5.22. The molecule has 10 heteroatoms. The molecule has 0 heterocycles. The summed E-state index contributed by atoms with van der Waals surface area (Å²) in [6.07, 6.45) is 0. The summed E-state index contributed by atoms with van der Waals surface area (Å²) in [5, 5.41) is 13.7. The van der Waals surface area contributed by atoms with E-state index in [0.29, 0.717) is 17.2 Å². The van der Waals surface area contributed by atoms with E-state index in [2.05, 4.69) is 5.32 Å². The first kappa shape index (κ1) is 24.4. The second kappa shape index (κ2) is 10.7. The van der Waals surface area contributed by atoms with Gasteiger partial charge in [-0.05, 0) is 60.7 Å². The number of nitro groups is 1. The highest BCUT2D eigenvalue weighted by Crippen LogP contribution is 2.26. The standard InChI is InChI=1S/C26H21N3O6S/c30-26(27-20-11-17-24(18-12-20)35-23-7-3-1-4-8-23)19-28(21-13-15-22(16-14-21)29(31)32)36(33,34)25-9-5-2-6-10-25/h1-18H,19H2,(H,27,30). The molecule has 4 aromatic rings. The molecule has 0 saturated heterocycles. The van der Waals surface area contributed by atoms with Crippen molar-refractivity contribution >= 4 is 33.0 Å². The van der Waals surface area contributed by atoms with Crippen LogP contribution >= 0.6 is 0 Å². The number of nitro benzene ring substituents is 1. The number of anilines is 2. The summed E-state index contributed by atoms with van der Waals surface area (Å²) >= 11 is 0. The van der Waals surface area contributed by atoms with Crippen LogP contribution in [0.4, 0.5) is 17.1 Å². The molecular formula is C26H21N3O6S. The van der Waals surface area contributed by atoms with Crippen molar-refractivity contribution in [2.75, 3.05) is 16.2 Å². The maximum Gasteiger partial charge on any atom is 0.269 e. The number of carbonyl (C=O) groups excluding carboxylic acids is 1. The Bertz CT molecular complexity index is 1440. The van der Waals surface area contributed by atoms with Gasteiger partial charge in [0, 0.05) is 17.8 Å². The highest BCUT2D eigenvalue weighted by molar-refractivity contribution is 7.92. The third-order valence-corrected chi connectivity index (χ3v) is 6.87. The summed E-state index contributed by atoms with van der Waals surface area (Å²) in [6.45, 7) is -0.544. The van der Waals surface area contributed by atoms with Gasteiger partial charge in [-0.2, -0.15) is 0 Å². The number of nitrogens with zero attached hydrogens (tertiary/aromatic N) is 2. The Hall–Kier alpha value is -4.70. The summed E-state index contributed by atoms with van der Waals surface area (Å²) in [7, 11) is -4.13. The lowest BCUT2D eigenvalue weighted by Gasteiger charge is -2.24. The second-order valence-electron chi connectivity index (χ2n) is 7.59. The third-order valence-electron chi connectivity index (χ3n) is 5.08. The molecule has 0 aromatic heterocycles. The third kappa shape index (κ3) is 5.86. The smallest absolute Gasteiger partial charge is 0.269 e. The Morgan fingerprint density at radius 3 is 1.94 bits per heavy atom. The van der Waals surface area contributed by atoms with Crippen LogP contribution in [0, 0.1) is 10.1 Å². The number of sulfonamides is 1. The van der Waals surface area contributed by atoms with Gasteiger partial charge in [0.25, 0.3) is 15.7 Å². The van der Waals surface area contributed by atoms with E-state index < -0.39 is 27.4 Å². The van der Waals surface area contributed by atoms with Crippen molar-refractivity contribution in [2.24, 2.45) is 0 Å². The molecule has 9 nitrogen and oxygen atoms in total. The summed E-state index contributed by atoms with van der Waals surface area (Å²) in [5.41, 5.74) is 0.366. The number of hydrogen-bond donors (Lipinski definition) is 1. The average molecular weight is 504 g/mol. The molecule has 1 amide bonds. The number of para-hydroxylation sites is 1. The minimum atomic E-state index is -4.13. The van der Waals surface area contributed by atoms with Crippen LogP contribution in [0.25, 0.3) is 0 Å². The molecule has 1 N–H and O–H groups in total. The van der Waals surface area contributed by atoms with E-state index >= 15 is 0 Å². The molecule has 0 radical (unpaired) electrons. The number of amides is 1. The summed E-state index contributed by atoms with van der Waals surface area (Å²) in [5.74, 6) is 0.641. The number of nitrogens with one attached hydrogen (secondary N) is 1. The Morgan fingerprint density at radius 1 is 0.806 bits per heavy atom. The first-order valence-corrected chi connectivity index (χ1v) is 12.2. The number of rotatable bonds is 9. The van der Waals surface area contributed by atoms with Gasteiger partial charge in [-0.1, -0.05) is 36.4 Å². The molecular weight excluding hydrogens is 482 g/mol. The normalized spacial score (nSPS) is 10.9. The van der Waals surface area contributed by atoms with Gasteiger partial charge in [-0.15, -0.1) is 0 Å². The Balaban J connectivity index is 1.53. The van der Waals surface area contributed by atoms with Gasteiger partial charge < -0.3 is 10.1 Å². The van der Waals surface area contributed by atoms with E-state index in [1.165, 1.54) is 36.4 Å². The monoisotopic (exact) mass is 503 g/mol. The van der Waals surface area contributed by atoms with Crippen molar-refractivity contribution in [3.8, 4) is 11.5 Å². The maximum atomic E-state index is 13.4. The number of ether oxygens (including phenoxy) is 1. The molecule has 4 rings (SSSR count). The van der Waals surface area contributed by atoms with Gasteiger partial charge in [0.1, 0.15) is 18.0 Å². The fourth-order valence-corrected chi connectivity index (χ4v) is 4.78. The first-order valence-electron chi connectivity index (χ1n) is 10.8.